The maximum Gasteiger partial charge on any atom is 0.408 e. The minimum Gasteiger partial charge on any atom is -0.480 e. The Morgan fingerprint density at radius 2 is 1.95 bits per heavy atom. The zero-order chi connectivity index (χ0) is 16.9. The highest BCUT2D eigenvalue weighted by atomic mass is 35.5. The number of carboxylic acid groups (broad SMARTS) is 1. The molecule has 2 N–H and O–H groups in total. The predicted octanol–water partition coefficient (Wildman–Crippen LogP) is 3.90. The number of hydrogen-bond donors (Lipinski definition) is 2. The van der Waals surface area contributed by atoms with E-state index in [4.69, 9.17) is 27.9 Å². The van der Waals surface area contributed by atoms with E-state index in [9.17, 15) is 14.7 Å². The zero-order valence-corrected chi connectivity index (χ0v) is 14.2. The first kappa shape index (κ1) is 18.6. The van der Waals surface area contributed by atoms with Gasteiger partial charge in [0.15, 0.2) is 0 Å². The fraction of sp³-hybridized carbons (Fsp3) is 0.467. The van der Waals surface area contributed by atoms with Gasteiger partial charge in [-0.15, -0.1) is 0 Å². The Morgan fingerprint density at radius 1 is 1.32 bits per heavy atom. The molecule has 0 aliphatic carbocycles. The Balaban J connectivity index is 2.67. The van der Waals surface area contributed by atoms with Gasteiger partial charge in [-0.2, -0.15) is 0 Å². The third-order valence-electron chi connectivity index (χ3n) is 2.72. The van der Waals surface area contributed by atoms with Gasteiger partial charge in [0.2, 0.25) is 0 Å². The quantitative estimate of drug-likeness (QED) is 0.846. The molecule has 22 heavy (non-hydrogen) atoms. The molecule has 1 aromatic carbocycles. The van der Waals surface area contributed by atoms with E-state index in [-0.39, 0.29) is 6.42 Å². The number of hydrogen-bond acceptors (Lipinski definition) is 3. The average molecular weight is 348 g/mol. The number of rotatable bonds is 5. The van der Waals surface area contributed by atoms with Crippen molar-refractivity contribution in [3.8, 4) is 0 Å². The van der Waals surface area contributed by atoms with Gasteiger partial charge in [0.1, 0.15) is 11.6 Å². The van der Waals surface area contributed by atoms with Crippen LogP contribution < -0.4 is 5.32 Å². The number of aliphatic carboxylic acids is 1. The lowest BCUT2D eigenvalue weighted by atomic mass is 10.1. The molecule has 0 aliphatic rings. The molecule has 1 rings (SSSR count). The third kappa shape index (κ3) is 6.12. The van der Waals surface area contributed by atoms with E-state index in [1.165, 1.54) is 0 Å². The molecule has 122 valence electrons. The first-order chi connectivity index (χ1) is 10.1. The van der Waals surface area contributed by atoms with Crippen LogP contribution in [-0.2, 0) is 16.0 Å². The SMILES string of the molecule is CC(C)(C)OC(=O)NC(CCc1cccc(Cl)c1Cl)C(=O)O. The second-order valence-electron chi connectivity index (χ2n) is 5.79. The van der Waals surface area contributed by atoms with Crippen molar-refractivity contribution in [1.82, 2.24) is 5.32 Å². The van der Waals surface area contributed by atoms with Gasteiger partial charge in [0.05, 0.1) is 10.0 Å². The number of carbonyl (C=O) groups excluding carboxylic acids is 1. The number of ether oxygens (including phenoxy) is 1. The monoisotopic (exact) mass is 347 g/mol. The van der Waals surface area contributed by atoms with Crippen molar-refractivity contribution in [3.05, 3.63) is 33.8 Å². The molecule has 0 heterocycles. The number of nitrogens with one attached hydrogen (secondary N) is 1. The molecule has 0 bridgehead atoms. The van der Waals surface area contributed by atoms with E-state index >= 15 is 0 Å². The van der Waals surface area contributed by atoms with Gasteiger partial charge in [-0.3, -0.25) is 0 Å². The van der Waals surface area contributed by atoms with Crippen LogP contribution in [0.25, 0.3) is 0 Å². The van der Waals surface area contributed by atoms with Crippen LogP contribution in [0.1, 0.15) is 32.8 Å². The summed E-state index contributed by atoms with van der Waals surface area (Å²) in [6.07, 6.45) is -0.224. The number of benzene rings is 1. The van der Waals surface area contributed by atoms with Crippen LogP contribution in [0, 0.1) is 0 Å². The summed E-state index contributed by atoms with van der Waals surface area (Å²) in [5.74, 6) is -1.14. The number of aryl methyl sites for hydroxylation is 1. The molecule has 0 aromatic heterocycles. The van der Waals surface area contributed by atoms with Crippen molar-refractivity contribution in [2.45, 2.75) is 45.3 Å². The molecular weight excluding hydrogens is 329 g/mol. The molecule has 1 atom stereocenters. The van der Waals surface area contributed by atoms with Gasteiger partial charge in [-0.25, -0.2) is 9.59 Å². The molecule has 0 fully saturated rings. The Morgan fingerprint density at radius 3 is 2.50 bits per heavy atom. The number of carboxylic acids is 1. The van der Waals surface area contributed by atoms with Crippen molar-refractivity contribution >= 4 is 35.3 Å². The largest absolute Gasteiger partial charge is 0.480 e. The van der Waals surface area contributed by atoms with Crippen molar-refractivity contribution < 1.29 is 19.4 Å². The van der Waals surface area contributed by atoms with Gasteiger partial charge in [0.25, 0.3) is 0 Å². The van der Waals surface area contributed by atoms with Gasteiger partial charge in [0, 0.05) is 0 Å². The van der Waals surface area contributed by atoms with Crippen LogP contribution in [-0.4, -0.2) is 28.8 Å². The van der Waals surface area contributed by atoms with E-state index in [0.717, 1.165) is 5.56 Å². The minimum atomic E-state index is -1.14. The fourth-order valence-electron chi connectivity index (χ4n) is 1.75. The lowest BCUT2D eigenvalue weighted by molar-refractivity contribution is -0.139. The van der Waals surface area contributed by atoms with Crippen LogP contribution in [0.15, 0.2) is 18.2 Å². The summed E-state index contributed by atoms with van der Waals surface area (Å²) in [4.78, 5) is 22.9. The van der Waals surface area contributed by atoms with Crippen LogP contribution >= 0.6 is 23.2 Å². The first-order valence-corrected chi connectivity index (χ1v) is 7.51. The van der Waals surface area contributed by atoms with Gasteiger partial charge >= 0.3 is 12.1 Å². The lowest BCUT2D eigenvalue weighted by Gasteiger charge is -2.22. The van der Waals surface area contributed by atoms with Crippen LogP contribution in [0.2, 0.25) is 10.0 Å². The standard InChI is InChI=1S/C15H19Cl2NO4/c1-15(2,3)22-14(21)18-11(13(19)20)8-7-9-5-4-6-10(16)12(9)17/h4-6,11H,7-8H2,1-3H3,(H,18,21)(H,19,20). The van der Waals surface area contributed by atoms with Gasteiger partial charge < -0.3 is 15.2 Å². The molecule has 1 aromatic rings. The minimum absolute atomic E-state index is 0.175. The molecule has 0 aliphatic heterocycles. The zero-order valence-electron chi connectivity index (χ0n) is 12.7. The number of amides is 1. The molecular formula is C15H19Cl2NO4. The highest BCUT2D eigenvalue weighted by Crippen LogP contribution is 2.26. The normalized spacial score (nSPS) is 12.6. The number of halogens is 2. The average Bonchev–Trinajstić information content (AvgIpc) is 2.36. The van der Waals surface area contributed by atoms with Gasteiger partial charge in [-0.1, -0.05) is 35.3 Å². The molecule has 1 unspecified atom stereocenters. The maximum atomic E-state index is 11.7. The summed E-state index contributed by atoms with van der Waals surface area (Å²) >= 11 is 12.0. The van der Waals surface area contributed by atoms with Crippen molar-refractivity contribution in [1.29, 1.82) is 0 Å². The molecule has 1 amide bonds. The highest BCUT2D eigenvalue weighted by Gasteiger charge is 2.24. The lowest BCUT2D eigenvalue weighted by Crippen LogP contribution is -2.43. The summed E-state index contributed by atoms with van der Waals surface area (Å²) < 4.78 is 5.05. The summed E-state index contributed by atoms with van der Waals surface area (Å²) in [7, 11) is 0. The highest BCUT2D eigenvalue weighted by molar-refractivity contribution is 6.42. The summed E-state index contributed by atoms with van der Waals surface area (Å²) in [5, 5.41) is 12.3. The topological polar surface area (TPSA) is 75.6 Å². The maximum absolute atomic E-state index is 11.7. The van der Waals surface area contributed by atoms with Crippen molar-refractivity contribution in [2.24, 2.45) is 0 Å². The van der Waals surface area contributed by atoms with E-state index in [0.29, 0.717) is 16.5 Å². The second-order valence-corrected chi connectivity index (χ2v) is 6.57. The van der Waals surface area contributed by atoms with E-state index in [2.05, 4.69) is 5.32 Å². The fourth-order valence-corrected chi connectivity index (χ4v) is 2.16. The van der Waals surface area contributed by atoms with E-state index < -0.39 is 23.7 Å². The van der Waals surface area contributed by atoms with E-state index in [1.54, 1.807) is 39.0 Å². The second kappa shape index (κ2) is 7.70. The number of alkyl carbamates (subject to hydrolysis) is 1. The Kier molecular flexibility index (Phi) is 6.50. The predicted molar refractivity (Wildman–Crippen MR) is 85.6 cm³/mol. The van der Waals surface area contributed by atoms with E-state index in [1.807, 2.05) is 0 Å². The molecule has 0 saturated heterocycles. The van der Waals surface area contributed by atoms with Crippen molar-refractivity contribution in [3.63, 3.8) is 0 Å². The van der Waals surface area contributed by atoms with Crippen LogP contribution in [0.4, 0.5) is 4.79 Å². The summed E-state index contributed by atoms with van der Waals surface area (Å²) in [5.41, 5.74) is 0.0371. The van der Waals surface area contributed by atoms with Crippen LogP contribution in [0.5, 0.6) is 0 Å². The number of carbonyl (C=O) groups is 2. The summed E-state index contributed by atoms with van der Waals surface area (Å²) in [6, 6.07) is 4.09. The van der Waals surface area contributed by atoms with Gasteiger partial charge in [-0.05, 0) is 45.2 Å². The molecule has 0 radical (unpaired) electrons. The molecule has 7 heteroatoms. The Hall–Kier alpha value is -1.46. The summed E-state index contributed by atoms with van der Waals surface area (Å²) in [6.45, 7) is 5.11. The Bertz CT molecular complexity index is 555. The third-order valence-corrected chi connectivity index (χ3v) is 3.58. The molecule has 0 spiro atoms. The van der Waals surface area contributed by atoms with Crippen LogP contribution in [0.3, 0.4) is 0 Å². The first-order valence-electron chi connectivity index (χ1n) is 6.75. The Labute approximate surface area is 139 Å². The van der Waals surface area contributed by atoms with Crippen molar-refractivity contribution in [2.75, 3.05) is 0 Å². The molecule has 0 saturated carbocycles. The molecule has 5 nitrogen and oxygen atoms in total. The smallest absolute Gasteiger partial charge is 0.408 e.